The highest BCUT2D eigenvalue weighted by molar-refractivity contribution is 7.13. The summed E-state index contributed by atoms with van der Waals surface area (Å²) in [5.41, 5.74) is 6.26. The van der Waals surface area contributed by atoms with Crippen molar-refractivity contribution >= 4 is 17.2 Å². The van der Waals surface area contributed by atoms with Gasteiger partial charge in [0.1, 0.15) is 16.5 Å². The van der Waals surface area contributed by atoms with Gasteiger partial charge in [-0.3, -0.25) is 4.79 Å². The molecule has 1 aromatic carbocycles. The van der Waals surface area contributed by atoms with Crippen molar-refractivity contribution in [2.24, 2.45) is 5.73 Å². The topological polar surface area (TPSA) is 68.0 Å². The Bertz CT molecular complexity index is 680. The van der Waals surface area contributed by atoms with E-state index in [1.165, 1.54) is 17.4 Å². The highest BCUT2D eigenvalue weighted by atomic mass is 32.1. The lowest BCUT2D eigenvalue weighted by molar-refractivity contribution is 0.0898. The van der Waals surface area contributed by atoms with E-state index in [0.29, 0.717) is 22.8 Å². The molecule has 0 saturated heterocycles. The Kier molecular flexibility index (Phi) is 4.22. The first kappa shape index (κ1) is 15.1. The van der Waals surface area contributed by atoms with Crippen molar-refractivity contribution in [1.82, 2.24) is 10.3 Å². The molecule has 2 aromatic rings. The minimum Gasteiger partial charge on any atom is -0.344 e. The van der Waals surface area contributed by atoms with Gasteiger partial charge in [0.05, 0.1) is 5.54 Å². The highest BCUT2D eigenvalue weighted by Crippen LogP contribution is 2.30. The Hall–Kier alpha value is -1.79. The van der Waals surface area contributed by atoms with Crippen LogP contribution >= 0.6 is 11.3 Å². The number of rotatable bonds is 4. The molecule has 1 saturated carbocycles. The molecule has 1 aliphatic carbocycles. The Morgan fingerprint density at radius 1 is 1.36 bits per heavy atom. The molecule has 1 amide bonds. The van der Waals surface area contributed by atoms with Gasteiger partial charge in [0, 0.05) is 17.5 Å². The van der Waals surface area contributed by atoms with Crippen molar-refractivity contribution in [1.29, 1.82) is 0 Å². The Morgan fingerprint density at radius 2 is 2.09 bits per heavy atom. The first-order valence-electron chi connectivity index (χ1n) is 7.37. The molecule has 6 heteroatoms. The third kappa shape index (κ3) is 2.89. The van der Waals surface area contributed by atoms with Gasteiger partial charge in [0.2, 0.25) is 0 Å². The van der Waals surface area contributed by atoms with Crippen LogP contribution in [0.1, 0.15) is 36.2 Å². The van der Waals surface area contributed by atoms with Gasteiger partial charge in [0.25, 0.3) is 5.91 Å². The fraction of sp³-hybridized carbons (Fsp3) is 0.375. The molecule has 0 spiro atoms. The summed E-state index contributed by atoms with van der Waals surface area (Å²) in [6, 6.07) is 6.43. The molecular weight excluding hydrogens is 301 g/mol. The van der Waals surface area contributed by atoms with Crippen molar-refractivity contribution in [2.75, 3.05) is 6.54 Å². The predicted molar refractivity (Wildman–Crippen MR) is 85.2 cm³/mol. The molecule has 1 aromatic heterocycles. The van der Waals surface area contributed by atoms with Crippen LogP contribution in [0.4, 0.5) is 4.39 Å². The van der Waals surface area contributed by atoms with Crippen molar-refractivity contribution in [3.05, 3.63) is 41.2 Å². The van der Waals surface area contributed by atoms with E-state index in [9.17, 15) is 9.18 Å². The van der Waals surface area contributed by atoms with E-state index in [-0.39, 0.29) is 17.3 Å². The fourth-order valence-electron chi connectivity index (χ4n) is 2.87. The van der Waals surface area contributed by atoms with Crippen LogP contribution in [-0.2, 0) is 0 Å². The fourth-order valence-corrected chi connectivity index (χ4v) is 3.70. The zero-order valence-electron chi connectivity index (χ0n) is 12.1. The van der Waals surface area contributed by atoms with E-state index in [4.69, 9.17) is 5.73 Å². The van der Waals surface area contributed by atoms with Crippen LogP contribution in [0, 0.1) is 5.82 Å². The maximum absolute atomic E-state index is 13.8. The zero-order chi connectivity index (χ0) is 15.6. The van der Waals surface area contributed by atoms with Gasteiger partial charge in [-0.05, 0) is 25.0 Å². The maximum Gasteiger partial charge on any atom is 0.271 e. The lowest BCUT2D eigenvalue weighted by atomic mass is 9.98. The summed E-state index contributed by atoms with van der Waals surface area (Å²) in [5, 5.41) is 5.20. The van der Waals surface area contributed by atoms with E-state index in [0.717, 1.165) is 25.7 Å². The third-order valence-corrected chi connectivity index (χ3v) is 5.05. The number of nitrogens with two attached hydrogens (primary N) is 1. The predicted octanol–water partition coefficient (Wildman–Crippen LogP) is 2.95. The molecule has 1 heterocycles. The Balaban J connectivity index is 1.79. The molecule has 0 bridgehead atoms. The van der Waals surface area contributed by atoms with E-state index < -0.39 is 0 Å². The molecule has 116 valence electrons. The number of nitrogens with zero attached hydrogens (tertiary/aromatic N) is 1. The molecule has 22 heavy (non-hydrogen) atoms. The lowest BCUT2D eigenvalue weighted by Crippen LogP contribution is -2.51. The number of amides is 1. The monoisotopic (exact) mass is 319 g/mol. The number of hydrogen-bond acceptors (Lipinski definition) is 4. The summed E-state index contributed by atoms with van der Waals surface area (Å²) in [7, 11) is 0. The summed E-state index contributed by atoms with van der Waals surface area (Å²) >= 11 is 1.27. The summed E-state index contributed by atoms with van der Waals surface area (Å²) in [4.78, 5) is 16.7. The molecule has 0 aliphatic heterocycles. The molecule has 0 atom stereocenters. The molecule has 1 fully saturated rings. The van der Waals surface area contributed by atoms with E-state index in [2.05, 4.69) is 10.3 Å². The molecule has 4 nitrogen and oxygen atoms in total. The van der Waals surface area contributed by atoms with Gasteiger partial charge in [-0.2, -0.15) is 0 Å². The first-order chi connectivity index (χ1) is 10.6. The van der Waals surface area contributed by atoms with Crippen LogP contribution < -0.4 is 11.1 Å². The van der Waals surface area contributed by atoms with Gasteiger partial charge in [-0.25, -0.2) is 9.37 Å². The molecule has 0 unspecified atom stereocenters. The molecule has 3 rings (SSSR count). The van der Waals surface area contributed by atoms with Gasteiger partial charge in [0.15, 0.2) is 0 Å². The lowest BCUT2D eigenvalue weighted by Gasteiger charge is -2.28. The standard InChI is InChI=1S/C16H18FN3OS/c17-12-6-2-1-5-11(12)15-19-13(9-22-15)14(21)20-16(10-18)7-3-4-8-16/h1-2,5-6,9H,3-4,7-8,10,18H2,(H,20,21). The summed E-state index contributed by atoms with van der Waals surface area (Å²) in [6.07, 6.45) is 3.96. The van der Waals surface area contributed by atoms with Crippen molar-refractivity contribution in [3.63, 3.8) is 0 Å². The SMILES string of the molecule is NCC1(NC(=O)c2csc(-c3ccccc3F)n2)CCCC1. The minimum atomic E-state index is -0.335. The zero-order valence-corrected chi connectivity index (χ0v) is 13.0. The van der Waals surface area contributed by atoms with Gasteiger partial charge in [-0.15, -0.1) is 11.3 Å². The van der Waals surface area contributed by atoms with Crippen molar-refractivity contribution in [2.45, 2.75) is 31.2 Å². The van der Waals surface area contributed by atoms with E-state index >= 15 is 0 Å². The number of carbonyl (C=O) groups excluding carboxylic acids is 1. The van der Waals surface area contributed by atoms with Crippen LogP contribution in [-0.4, -0.2) is 23.0 Å². The van der Waals surface area contributed by atoms with Crippen LogP contribution in [0.3, 0.4) is 0 Å². The number of hydrogen-bond donors (Lipinski definition) is 2. The van der Waals surface area contributed by atoms with Gasteiger partial charge in [-0.1, -0.05) is 25.0 Å². The van der Waals surface area contributed by atoms with Crippen molar-refractivity contribution in [3.8, 4) is 10.6 Å². The van der Waals surface area contributed by atoms with E-state index in [1.807, 2.05) is 0 Å². The van der Waals surface area contributed by atoms with Crippen molar-refractivity contribution < 1.29 is 9.18 Å². The van der Waals surface area contributed by atoms with E-state index in [1.54, 1.807) is 23.6 Å². The number of benzene rings is 1. The van der Waals surface area contributed by atoms with Crippen LogP contribution in [0.15, 0.2) is 29.6 Å². The largest absolute Gasteiger partial charge is 0.344 e. The Morgan fingerprint density at radius 3 is 2.77 bits per heavy atom. The normalized spacial score (nSPS) is 16.6. The Labute approximate surface area is 132 Å². The molecule has 0 radical (unpaired) electrons. The number of thiazole rings is 1. The molecular formula is C16H18FN3OS. The second kappa shape index (κ2) is 6.14. The summed E-state index contributed by atoms with van der Waals surface area (Å²) in [6.45, 7) is 0.434. The highest BCUT2D eigenvalue weighted by Gasteiger charge is 2.34. The molecule has 3 N–H and O–H groups in total. The number of nitrogens with one attached hydrogen (secondary N) is 1. The smallest absolute Gasteiger partial charge is 0.271 e. The maximum atomic E-state index is 13.8. The second-order valence-electron chi connectivity index (χ2n) is 5.66. The molecule has 1 aliphatic rings. The van der Waals surface area contributed by atoms with Crippen LogP contribution in [0.2, 0.25) is 0 Å². The average Bonchev–Trinajstić information content (AvgIpc) is 3.17. The minimum absolute atomic E-state index is 0.230. The number of aromatic nitrogens is 1. The summed E-state index contributed by atoms with van der Waals surface area (Å²) in [5.74, 6) is -0.566. The second-order valence-corrected chi connectivity index (χ2v) is 6.52. The third-order valence-electron chi connectivity index (χ3n) is 4.17. The number of halogens is 1. The average molecular weight is 319 g/mol. The quantitative estimate of drug-likeness (QED) is 0.910. The van der Waals surface area contributed by atoms with Crippen LogP contribution in [0.5, 0.6) is 0 Å². The van der Waals surface area contributed by atoms with Crippen LogP contribution in [0.25, 0.3) is 10.6 Å². The summed E-state index contributed by atoms with van der Waals surface area (Å²) < 4.78 is 13.8. The first-order valence-corrected chi connectivity index (χ1v) is 8.24. The van der Waals surface area contributed by atoms with Gasteiger partial charge >= 0.3 is 0 Å². The number of carbonyl (C=O) groups is 1. The van der Waals surface area contributed by atoms with Gasteiger partial charge < -0.3 is 11.1 Å².